The zero-order valence-corrected chi connectivity index (χ0v) is 18.1. The number of nitrogens with one attached hydrogen (secondary N) is 1. The number of hydrogen-bond donors (Lipinski definition) is 1. The molecule has 2 aliphatic heterocycles. The fourth-order valence-corrected chi connectivity index (χ4v) is 4.39. The summed E-state index contributed by atoms with van der Waals surface area (Å²) in [5, 5.41) is 3.04. The van der Waals surface area contributed by atoms with Crippen molar-refractivity contribution in [3.63, 3.8) is 0 Å². The van der Waals surface area contributed by atoms with Crippen LogP contribution in [0.2, 0.25) is 0 Å². The number of carbonyl (C=O) groups excluding carboxylic acids is 2. The number of likely N-dealkylation sites (tertiary alicyclic amines) is 1. The van der Waals surface area contributed by atoms with Crippen molar-refractivity contribution in [1.82, 2.24) is 15.1 Å². The van der Waals surface area contributed by atoms with Gasteiger partial charge in [0.2, 0.25) is 11.8 Å². The molecule has 0 unspecified atom stereocenters. The van der Waals surface area contributed by atoms with Crippen molar-refractivity contribution in [3.8, 4) is 0 Å². The average Bonchev–Trinajstić information content (AvgIpc) is 3.23. The molecule has 0 saturated carbocycles. The molecule has 1 N–H and O–H groups in total. The van der Waals surface area contributed by atoms with Gasteiger partial charge in [0.1, 0.15) is 0 Å². The zero-order valence-electron chi connectivity index (χ0n) is 18.1. The Hall–Kier alpha value is -2.86. The van der Waals surface area contributed by atoms with Crippen LogP contribution in [0.5, 0.6) is 0 Å². The maximum absolute atomic E-state index is 12.3. The Morgan fingerprint density at radius 1 is 0.871 bits per heavy atom. The highest BCUT2D eigenvalue weighted by Gasteiger charge is 2.21. The molecule has 2 aromatic rings. The number of piperazine rings is 1. The minimum absolute atomic E-state index is 0.00554. The van der Waals surface area contributed by atoms with Gasteiger partial charge in [0.15, 0.2) is 0 Å². The molecule has 6 heteroatoms. The molecule has 0 aliphatic carbocycles. The second-order valence-electron chi connectivity index (χ2n) is 8.38. The second-order valence-corrected chi connectivity index (χ2v) is 8.38. The van der Waals surface area contributed by atoms with Crippen molar-refractivity contribution in [1.29, 1.82) is 0 Å². The summed E-state index contributed by atoms with van der Waals surface area (Å²) in [5.74, 6) is 0.177. The maximum Gasteiger partial charge on any atom is 0.222 e. The lowest BCUT2D eigenvalue weighted by atomic mass is 10.1. The summed E-state index contributed by atoms with van der Waals surface area (Å²) in [5.41, 5.74) is 3.73. The third-order valence-corrected chi connectivity index (χ3v) is 6.26. The molecule has 0 spiro atoms. The van der Waals surface area contributed by atoms with Crippen molar-refractivity contribution in [2.75, 3.05) is 44.2 Å². The quantitative estimate of drug-likeness (QED) is 0.713. The monoisotopic (exact) mass is 420 g/mol. The molecule has 2 saturated heterocycles. The van der Waals surface area contributed by atoms with Crippen molar-refractivity contribution in [2.45, 2.75) is 32.4 Å². The van der Waals surface area contributed by atoms with E-state index in [4.69, 9.17) is 0 Å². The van der Waals surface area contributed by atoms with Gasteiger partial charge in [0.05, 0.1) is 0 Å². The van der Waals surface area contributed by atoms with Crippen LogP contribution in [0.1, 0.15) is 30.4 Å². The second kappa shape index (κ2) is 10.4. The zero-order chi connectivity index (χ0) is 21.5. The lowest BCUT2D eigenvalue weighted by molar-refractivity contribution is -0.128. The molecular weight excluding hydrogens is 388 g/mol. The van der Waals surface area contributed by atoms with Crippen molar-refractivity contribution >= 4 is 17.5 Å². The normalized spacial score (nSPS) is 17.2. The number of nitrogens with zero attached hydrogens (tertiary/aromatic N) is 3. The van der Waals surface area contributed by atoms with E-state index in [2.05, 4.69) is 63.6 Å². The standard InChI is InChI=1S/C25H32N4O2/c30-24(12-14-29-13-6-11-25(29)31)26-19-21-7-4-5-8-22(21)20-27-15-17-28(18-16-27)23-9-2-1-3-10-23/h1-5,7-10H,6,11-20H2,(H,26,30). The number of anilines is 1. The molecule has 2 fully saturated rings. The van der Waals surface area contributed by atoms with Gasteiger partial charge in [-0.15, -0.1) is 0 Å². The third kappa shape index (κ3) is 5.85. The van der Waals surface area contributed by atoms with E-state index in [-0.39, 0.29) is 11.8 Å². The number of benzene rings is 2. The highest BCUT2D eigenvalue weighted by atomic mass is 16.2. The first-order valence-electron chi connectivity index (χ1n) is 11.3. The highest BCUT2D eigenvalue weighted by molar-refractivity contribution is 5.80. The fourth-order valence-electron chi connectivity index (χ4n) is 4.39. The van der Waals surface area contributed by atoms with Crippen LogP contribution in [-0.4, -0.2) is 60.9 Å². The predicted octanol–water partition coefficient (Wildman–Crippen LogP) is 2.64. The van der Waals surface area contributed by atoms with Crippen LogP contribution in [0, 0.1) is 0 Å². The summed E-state index contributed by atoms with van der Waals surface area (Å²) in [4.78, 5) is 30.7. The SMILES string of the molecule is O=C(CCN1CCCC1=O)NCc1ccccc1CN1CCN(c2ccccc2)CC1. The molecule has 6 nitrogen and oxygen atoms in total. The molecule has 4 rings (SSSR count). The molecule has 2 heterocycles. The van der Waals surface area contributed by atoms with Crippen LogP contribution < -0.4 is 10.2 Å². The van der Waals surface area contributed by atoms with Crippen molar-refractivity contribution in [2.24, 2.45) is 0 Å². The van der Waals surface area contributed by atoms with Crippen LogP contribution in [0.4, 0.5) is 5.69 Å². The van der Waals surface area contributed by atoms with Crippen LogP contribution in [-0.2, 0) is 22.7 Å². The Balaban J connectivity index is 1.25. The van der Waals surface area contributed by atoms with Crippen molar-refractivity contribution < 1.29 is 9.59 Å². The first kappa shape index (κ1) is 21.4. The van der Waals surface area contributed by atoms with Crippen LogP contribution in [0.15, 0.2) is 54.6 Å². The predicted molar refractivity (Wildman–Crippen MR) is 123 cm³/mol. The van der Waals surface area contributed by atoms with Gasteiger partial charge in [-0.1, -0.05) is 42.5 Å². The molecule has 164 valence electrons. The number of carbonyl (C=O) groups is 2. The molecule has 0 aromatic heterocycles. The van der Waals surface area contributed by atoms with Crippen LogP contribution in [0.3, 0.4) is 0 Å². The maximum atomic E-state index is 12.3. The molecule has 0 atom stereocenters. The van der Waals surface area contributed by atoms with E-state index in [0.717, 1.165) is 45.7 Å². The Morgan fingerprint density at radius 3 is 2.29 bits per heavy atom. The van der Waals surface area contributed by atoms with E-state index in [9.17, 15) is 9.59 Å². The molecule has 0 bridgehead atoms. The number of amides is 2. The smallest absolute Gasteiger partial charge is 0.222 e. The molecule has 0 radical (unpaired) electrons. The van der Waals surface area contributed by atoms with E-state index in [0.29, 0.717) is 25.9 Å². The Kier molecular flexibility index (Phi) is 7.20. The van der Waals surface area contributed by atoms with Gasteiger partial charge >= 0.3 is 0 Å². The molecule has 2 amide bonds. The minimum Gasteiger partial charge on any atom is -0.369 e. The lowest BCUT2D eigenvalue weighted by Gasteiger charge is -2.36. The number of rotatable bonds is 8. The van der Waals surface area contributed by atoms with E-state index in [1.165, 1.54) is 16.8 Å². The van der Waals surface area contributed by atoms with E-state index in [1.807, 2.05) is 6.07 Å². The highest BCUT2D eigenvalue weighted by Crippen LogP contribution is 2.18. The van der Waals surface area contributed by atoms with E-state index < -0.39 is 0 Å². The van der Waals surface area contributed by atoms with Gasteiger partial charge in [0.25, 0.3) is 0 Å². The molecular formula is C25H32N4O2. The van der Waals surface area contributed by atoms with Crippen molar-refractivity contribution in [3.05, 3.63) is 65.7 Å². The van der Waals surface area contributed by atoms with Gasteiger partial charge in [0, 0.05) is 70.9 Å². The van der Waals surface area contributed by atoms with Gasteiger partial charge in [-0.05, 0) is 29.7 Å². The van der Waals surface area contributed by atoms with Crippen LogP contribution in [0.25, 0.3) is 0 Å². The summed E-state index contributed by atoms with van der Waals surface area (Å²) in [6.45, 7) is 6.85. The van der Waals surface area contributed by atoms with Crippen LogP contribution >= 0.6 is 0 Å². The third-order valence-electron chi connectivity index (χ3n) is 6.26. The Morgan fingerprint density at radius 2 is 1.58 bits per heavy atom. The molecule has 2 aliphatic rings. The van der Waals surface area contributed by atoms with Gasteiger partial charge in [-0.2, -0.15) is 0 Å². The minimum atomic E-state index is 0.00554. The molecule has 2 aromatic carbocycles. The first-order chi connectivity index (χ1) is 15.2. The van der Waals surface area contributed by atoms with Gasteiger partial charge in [-0.3, -0.25) is 14.5 Å². The van der Waals surface area contributed by atoms with Gasteiger partial charge < -0.3 is 15.1 Å². The van der Waals surface area contributed by atoms with E-state index in [1.54, 1.807) is 4.90 Å². The Labute approximate surface area is 184 Å². The molecule has 31 heavy (non-hydrogen) atoms. The van der Waals surface area contributed by atoms with Gasteiger partial charge in [-0.25, -0.2) is 0 Å². The first-order valence-corrected chi connectivity index (χ1v) is 11.3. The summed E-state index contributed by atoms with van der Waals surface area (Å²) >= 11 is 0. The topological polar surface area (TPSA) is 55.9 Å². The average molecular weight is 421 g/mol. The summed E-state index contributed by atoms with van der Waals surface area (Å²) in [6.07, 6.45) is 1.90. The fraction of sp³-hybridized carbons (Fsp3) is 0.440. The largest absolute Gasteiger partial charge is 0.369 e. The van der Waals surface area contributed by atoms with E-state index >= 15 is 0 Å². The number of para-hydroxylation sites is 1. The number of hydrogen-bond acceptors (Lipinski definition) is 4. The Bertz CT molecular complexity index is 878. The summed E-state index contributed by atoms with van der Waals surface area (Å²) in [6, 6.07) is 18.9. The summed E-state index contributed by atoms with van der Waals surface area (Å²) in [7, 11) is 0. The lowest BCUT2D eigenvalue weighted by Crippen LogP contribution is -2.46. The summed E-state index contributed by atoms with van der Waals surface area (Å²) < 4.78 is 0.